The predicted octanol–water partition coefficient (Wildman–Crippen LogP) is 2.43. The van der Waals surface area contributed by atoms with Gasteiger partial charge in [-0.1, -0.05) is 23.7 Å². The molecule has 0 spiro atoms. The molecule has 0 aliphatic carbocycles. The third-order valence-corrected chi connectivity index (χ3v) is 4.34. The predicted molar refractivity (Wildman–Crippen MR) is 95.5 cm³/mol. The van der Waals surface area contributed by atoms with Crippen molar-refractivity contribution in [2.75, 3.05) is 16.8 Å². The highest BCUT2D eigenvalue weighted by molar-refractivity contribution is 6.30. The molecule has 25 heavy (non-hydrogen) atoms. The Morgan fingerprint density at radius 3 is 2.48 bits per heavy atom. The van der Waals surface area contributed by atoms with Crippen LogP contribution in [0.1, 0.15) is 16.8 Å². The molecule has 1 aliphatic heterocycles. The van der Waals surface area contributed by atoms with E-state index in [-0.39, 0.29) is 30.3 Å². The lowest BCUT2D eigenvalue weighted by Gasteiger charge is -2.17. The molecule has 1 saturated heterocycles. The van der Waals surface area contributed by atoms with Crippen molar-refractivity contribution in [2.24, 2.45) is 11.7 Å². The van der Waals surface area contributed by atoms with E-state index in [9.17, 15) is 14.4 Å². The van der Waals surface area contributed by atoms with E-state index >= 15 is 0 Å². The molecule has 1 heterocycles. The molecular weight excluding hydrogens is 342 g/mol. The summed E-state index contributed by atoms with van der Waals surface area (Å²) in [4.78, 5) is 37.7. The Balaban J connectivity index is 1.73. The lowest BCUT2D eigenvalue weighted by Crippen LogP contribution is -2.28. The van der Waals surface area contributed by atoms with Gasteiger partial charge in [0.2, 0.25) is 11.8 Å². The van der Waals surface area contributed by atoms with Gasteiger partial charge in [0, 0.05) is 23.7 Å². The van der Waals surface area contributed by atoms with Crippen molar-refractivity contribution < 1.29 is 14.4 Å². The van der Waals surface area contributed by atoms with Crippen LogP contribution in [0.25, 0.3) is 0 Å². The summed E-state index contributed by atoms with van der Waals surface area (Å²) in [7, 11) is 0. The number of nitrogens with two attached hydrogens (primary N) is 1. The SMILES string of the molecule is NC(=O)c1ccccc1NC(=O)[C@H]1CC(=O)N(c2ccc(Cl)cc2)C1. The van der Waals surface area contributed by atoms with Crippen molar-refractivity contribution >= 4 is 40.7 Å². The molecule has 0 bridgehead atoms. The second-order valence-corrected chi connectivity index (χ2v) is 6.22. The van der Waals surface area contributed by atoms with Crippen LogP contribution in [-0.4, -0.2) is 24.3 Å². The van der Waals surface area contributed by atoms with Crippen molar-refractivity contribution in [3.63, 3.8) is 0 Å². The highest BCUT2D eigenvalue weighted by Gasteiger charge is 2.35. The normalized spacial score (nSPS) is 16.8. The highest BCUT2D eigenvalue weighted by atomic mass is 35.5. The van der Waals surface area contributed by atoms with Gasteiger partial charge in [-0.3, -0.25) is 14.4 Å². The molecule has 3 rings (SSSR count). The summed E-state index contributed by atoms with van der Waals surface area (Å²) in [6, 6.07) is 13.4. The third kappa shape index (κ3) is 3.64. The Bertz CT molecular complexity index is 836. The number of para-hydroxylation sites is 1. The summed E-state index contributed by atoms with van der Waals surface area (Å²) < 4.78 is 0. The summed E-state index contributed by atoms with van der Waals surface area (Å²) >= 11 is 5.86. The van der Waals surface area contributed by atoms with Crippen molar-refractivity contribution in [2.45, 2.75) is 6.42 Å². The van der Waals surface area contributed by atoms with Gasteiger partial charge in [-0.05, 0) is 36.4 Å². The topological polar surface area (TPSA) is 92.5 Å². The van der Waals surface area contributed by atoms with Crippen LogP contribution in [0.2, 0.25) is 5.02 Å². The van der Waals surface area contributed by atoms with E-state index in [0.717, 1.165) is 0 Å². The van der Waals surface area contributed by atoms with E-state index in [0.29, 0.717) is 16.4 Å². The Kier molecular flexibility index (Phi) is 4.72. The Morgan fingerprint density at radius 1 is 1.12 bits per heavy atom. The molecule has 3 N–H and O–H groups in total. The van der Waals surface area contributed by atoms with Crippen LogP contribution < -0.4 is 16.0 Å². The minimum atomic E-state index is -0.624. The number of halogens is 1. The molecule has 6 nitrogen and oxygen atoms in total. The van der Waals surface area contributed by atoms with Gasteiger partial charge in [-0.25, -0.2) is 0 Å². The number of rotatable bonds is 4. The fourth-order valence-corrected chi connectivity index (χ4v) is 2.92. The molecule has 1 atom stereocenters. The number of anilines is 2. The largest absolute Gasteiger partial charge is 0.366 e. The average molecular weight is 358 g/mol. The van der Waals surface area contributed by atoms with Crippen molar-refractivity contribution in [1.82, 2.24) is 0 Å². The van der Waals surface area contributed by atoms with Crippen LogP contribution in [0.3, 0.4) is 0 Å². The van der Waals surface area contributed by atoms with Crippen LogP contribution in [0, 0.1) is 5.92 Å². The maximum Gasteiger partial charge on any atom is 0.250 e. The van der Waals surface area contributed by atoms with Gasteiger partial charge in [0.05, 0.1) is 17.2 Å². The van der Waals surface area contributed by atoms with Crippen molar-refractivity contribution in [3.8, 4) is 0 Å². The van der Waals surface area contributed by atoms with Crippen LogP contribution in [0.15, 0.2) is 48.5 Å². The Morgan fingerprint density at radius 2 is 1.80 bits per heavy atom. The Labute approximate surface area is 149 Å². The number of benzene rings is 2. The van der Waals surface area contributed by atoms with Crippen molar-refractivity contribution in [3.05, 3.63) is 59.1 Å². The first-order valence-electron chi connectivity index (χ1n) is 7.71. The van der Waals surface area contributed by atoms with E-state index in [1.807, 2.05) is 0 Å². The number of hydrogen-bond acceptors (Lipinski definition) is 3. The van der Waals surface area contributed by atoms with Gasteiger partial charge >= 0.3 is 0 Å². The van der Waals surface area contributed by atoms with Crippen molar-refractivity contribution in [1.29, 1.82) is 0 Å². The molecule has 0 radical (unpaired) electrons. The highest BCUT2D eigenvalue weighted by Crippen LogP contribution is 2.27. The molecule has 0 unspecified atom stereocenters. The number of hydrogen-bond donors (Lipinski definition) is 2. The van der Waals surface area contributed by atoms with Gasteiger partial charge in [-0.2, -0.15) is 0 Å². The van der Waals surface area contributed by atoms with Crippen LogP contribution >= 0.6 is 11.6 Å². The van der Waals surface area contributed by atoms with Gasteiger partial charge in [0.15, 0.2) is 0 Å². The minimum Gasteiger partial charge on any atom is -0.366 e. The van der Waals surface area contributed by atoms with Gasteiger partial charge < -0.3 is 16.0 Å². The number of carbonyl (C=O) groups is 3. The van der Waals surface area contributed by atoms with Crippen LogP contribution in [0.5, 0.6) is 0 Å². The maximum absolute atomic E-state index is 12.5. The number of nitrogens with zero attached hydrogens (tertiary/aromatic N) is 1. The summed E-state index contributed by atoms with van der Waals surface area (Å²) in [6.07, 6.45) is 0.104. The number of carbonyl (C=O) groups excluding carboxylic acids is 3. The first-order chi connectivity index (χ1) is 12.0. The fraction of sp³-hybridized carbons (Fsp3) is 0.167. The first kappa shape index (κ1) is 17.0. The minimum absolute atomic E-state index is 0.104. The molecule has 1 aliphatic rings. The monoisotopic (exact) mass is 357 g/mol. The summed E-state index contributed by atoms with van der Waals surface area (Å²) in [5.74, 6) is -1.59. The van der Waals surface area contributed by atoms with E-state index in [1.54, 1.807) is 47.4 Å². The summed E-state index contributed by atoms with van der Waals surface area (Å²) in [5, 5.41) is 3.27. The average Bonchev–Trinajstić information content (AvgIpc) is 2.98. The first-order valence-corrected chi connectivity index (χ1v) is 8.09. The molecule has 0 aromatic heterocycles. The Hall–Kier alpha value is -2.86. The van der Waals surface area contributed by atoms with E-state index in [4.69, 9.17) is 17.3 Å². The molecule has 128 valence electrons. The van der Waals surface area contributed by atoms with E-state index < -0.39 is 11.8 Å². The number of nitrogens with one attached hydrogen (secondary N) is 1. The van der Waals surface area contributed by atoms with E-state index in [2.05, 4.69) is 5.32 Å². The second kappa shape index (κ2) is 6.94. The summed E-state index contributed by atoms with van der Waals surface area (Å²) in [5.41, 5.74) is 6.59. The molecule has 1 fully saturated rings. The lowest BCUT2D eigenvalue weighted by atomic mass is 10.1. The molecular formula is C18H16ClN3O3. The molecule has 7 heteroatoms. The molecule has 3 amide bonds. The van der Waals surface area contributed by atoms with E-state index in [1.165, 1.54) is 6.07 Å². The zero-order chi connectivity index (χ0) is 18.0. The van der Waals surface area contributed by atoms with Gasteiger partial charge in [-0.15, -0.1) is 0 Å². The zero-order valence-corrected chi connectivity index (χ0v) is 14.0. The standard InChI is InChI=1S/C18H16ClN3O3/c19-12-5-7-13(8-6-12)22-10-11(9-16(22)23)18(25)21-15-4-2-1-3-14(15)17(20)24/h1-8,11H,9-10H2,(H2,20,24)(H,21,25)/t11-/m0/s1. The number of amides is 3. The quantitative estimate of drug-likeness (QED) is 0.880. The van der Waals surface area contributed by atoms with Crippen LogP contribution in [-0.2, 0) is 9.59 Å². The van der Waals surface area contributed by atoms with Gasteiger partial charge in [0.1, 0.15) is 0 Å². The maximum atomic E-state index is 12.5. The third-order valence-electron chi connectivity index (χ3n) is 4.08. The molecule has 2 aromatic rings. The van der Waals surface area contributed by atoms with Crippen LogP contribution in [0.4, 0.5) is 11.4 Å². The lowest BCUT2D eigenvalue weighted by molar-refractivity contribution is -0.122. The second-order valence-electron chi connectivity index (χ2n) is 5.78. The fourth-order valence-electron chi connectivity index (χ4n) is 2.80. The smallest absolute Gasteiger partial charge is 0.250 e. The number of primary amides is 1. The molecule has 0 saturated carbocycles. The van der Waals surface area contributed by atoms with Gasteiger partial charge in [0.25, 0.3) is 5.91 Å². The zero-order valence-electron chi connectivity index (χ0n) is 13.2. The summed E-state index contributed by atoms with van der Waals surface area (Å²) in [6.45, 7) is 0.269. The molecule has 2 aromatic carbocycles.